The van der Waals surface area contributed by atoms with Gasteiger partial charge in [-0.2, -0.15) is 5.10 Å². The first-order valence-electron chi connectivity index (χ1n) is 9.34. The number of nitrogens with zero attached hydrogens (tertiary/aromatic N) is 3. The summed E-state index contributed by atoms with van der Waals surface area (Å²) in [7, 11) is 0. The Morgan fingerprint density at radius 1 is 1.26 bits per heavy atom. The van der Waals surface area contributed by atoms with Gasteiger partial charge in [0.05, 0.1) is 12.5 Å². The number of aryl methyl sites for hydroxylation is 1. The van der Waals surface area contributed by atoms with E-state index in [4.69, 9.17) is 4.74 Å². The van der Waals surface area contributed by atoms with Crippen molar-refractivity contribution in [2.45, 2.75) is 51.2 Å². The van der Waals surface area contributed by atoms with Crippen LogP contribution in [0.2, 0.25) is 0 Å². The van der Waals surface area contributed by atoms with Crippen molar-refractivity contribution in [3.8, 4) is 5.75 Å². The highest BCUT2D eigenvalue weighted by Gasteiger charge is 2.24. The van der Waals surface area contributed by atoms with Crippen molar-refractivity contribution in [3.63, 3.8) is 0 Å². The number of aromatic amines is 1. The highest BCUT2D eigenvalue weighted by atomic mass is 16.5. The fraction of sp³-hybridized carbons (Fsp3) is 0.400. The van der Waals surface area contributed by atoms with Gasteiger partial charge in [-0.05, 0) is 44.7 Å². The SMILES string of the molecule is Cc1nc(CC(=O)NC2CCC(Oc3cccc4cnccc34)CC2)n[nH]1. The van der Waals surface area contributed by atoms with Crippen LogP contribution in [-0.4, -0.2) is 38.2 Å². The minimum atomic E-state index is -0.0279. The third-order valence-electron chi connectivity index (χ3n) is 4.94. The smallest absolute Gasteiger partial charge is 0.227 e. The lowest BCUT2D eigenvalue weighted by Crippen LogP contribution is -2.40. The van der Waals surface area contributed by atoms with Gasteiger partial charge in [0.15, 0.2) is 5.82 Å². The lowest BCUT2D eigenvalue weighted by Gasteiger charge is -2.29. The molecule has 2 aromatic heterocycles. The summed E-state index contributed by atoms with van der Waals surface area (Å²) >= 11 is 0. The van der Waals surface area contributed by atoms with Crippen molar-refractivity contribution < 1.29 is 9.53 Å². The molecule has 0 spiro atoms. The molecule has 4 rings (SSSR count). The first kappa shape index (κ1) is 17.5. The predicted molar refractivity (Wildman–Crippen MR) is 101 cm³/mol. The number of aromatic nitrogens is 4. The van der Waals surface area contributed by atoms with E-state index in [-0.39, 0.29) is 24.5 Å². The molecule has 2 N–H and O–H groups in total. The lowest BCUT2D eigenvalue weighted by molar-refractivity contribution is -0.121. The van der Waals surface area contributed by atoms with Crippen molar-refractivity contribution in [3.05, 3.63) is 48.3 Å². The van der Waals surface area contributed by atoms with Crippen LogP contribution in [0, 0.1) is 6.92 Å². The van der Waals surface area contributed by atoms with Crippen LogP contribution in [0.25, 0.3) is 10.8 Å². The Hall–Kier alpha value is -2.96. The molecule has 0 radical (unpaired) electrons. The number of H-pyrrole nitrogens is 1. The molecule has 1 saturated carbocycles. The number of hydrogen-bond acceptors (Lipinski definition) is 5. The Morgan fingerprint density at radius 3 is 2.89 bits per heavy atom. The number of carbonyl (C=O) groups is 1. The lowest BCUT2D eigenvalue weighted by atomic mass is 9.92. The molecule has 140 valence electrons. The molecule has 7 nitrogen and oxygen atoms in total. The maximum Gasteiger partial charge on any atom is 0.227 e. The Balaban J connectivity index is 1.29. The van der Waals surface area contributed by atoms with Crippen LogP contribution in [0.15, 0.2) is 36.7 Å². The summed E-state index contributed by atoms with van der Waals surface area (Å²) in [6, 6.07) is 8.22. The van der Waals surface area contributed by atoms with E-state index < -0.39 is 0 Å². The zero-order chi connectivity index (χ0) is 18.6. The zero-order valence-electron chi connectivity index (χ0n) is 15.3. The van der Waals surface area contributed by atoms with Gasteiger partial charge in [-0.15, -0.1) is 0 Å². The summed E-state index contributed by atoms with van der Waals surface area (Å²) in [6.07, 6.45) is 7.70. The summed E-state index contributed by atoms with van der Waals surface area (Å²) in [4.78, 5) is 20.5. The van der Waals surface area contributed by atoms with Gasteiger partial charge in [0.25, 0.3) is 0 Å². The van der Waals surface area contributed by atoms with Gasteiger partial charge in [0.2, 0.25) is 5.91 Å². The molecular formula is C20H23N5O2. The maximum atomic E-state index is 12.2. The van der Waals surface area contributed by atoms with Crippen LogP contribution in [-0.2, 0) is 11.2 Å². The van der Waals surface area contributed by atoms with Gasteiger partial charge >= 0.3 is 0 Å². The molecule has 0 atom stereocenters. The van der Waals surface area contributed by atoms with Crippen LogP contribution in [0.3, 0.4) is 0 Å². The summed E-state index contributed by atoms with van der Waals surface area (Å²) in [5, 5.41) is 12.0. The monoisotopic (exact) mass is 365 g/mol. The number of benzene rings is 1. The molecule has 1 aliphatic carbocycles. The van der Waals surface area contributed by atoms with Gasteiger partial charge in [-0.1, -0.05) is 12.1 Å². The van der Waals surface area contributed by atoms with E-state index in [1.54, 1.807) is 6.20 Å². The molecule has 0 aliphatic heterocycles. The average molecular weight is 365 g/mol. The molecule has 0 bridgehead atoms. The second-order valence-corrected chi connectivity index (χ2v) is 7.03. The maximum absolute atomic E-state index is 12.2. The number of rotatable bonds is 5. The highest BCUT2D eigenvalue weighted by Crippen LogP contribution is 2.29. The molecule has 3 aromatic rings. The highest BCUT2D eigenvalue weighted by molar-refractivity contribution is 5.87. The summed E-state index contributed by atoms with van der Waals surface area (Å²) in [6.45, 7) is 1.82. The summed E-state index contributed by atoms with van der Waals surface area (Å²) < 4.78 is 6.26. The van der Waals surface area contributed by atoms with Crippen LogP contribution < -0.4 is 10.1 Å². The molecular weight excluding hydrogens is 342 g/mol. The van der Waals surface area contributed by atoms with Gasteiger partial charge < -0.3 is 10.1 Å². The van der Waals surface area contributed by atoms with Gasteiger partial charge in [0.1, 0.15) is 11.6 Å². The van der Waals surface area contributed by atoms with Crippen molar-refractivity contribution >= 4 is 16.7 Å². The van der Waals surface area contributed by atoms with Crippen molar-refractivity contribution in [1.29, 1.82) is 0 Å². The molecule has 1 aliphatic rings. The molecule has 0 saturated heterocycles. The van der Waals surface area contributed by atoms with Crippen molar-refractivity contribution in [2.24, 2.45) is 0 Å². The second-order valence-electron chi connectivity index (χ2n) is 7.03. The van der Waals surface area contributed by atoms with Crippen LogP contribution in [0.4, 0.5) is 0 Å². The second kappa shape index (κ2) is 7.73. The Kier molecular flexibility index (Phi) is 5.00. The fourth-order valence-electron chi connectivity index (χ4n) is 3.59. The van der Waals surface area contributed by atoms with Crippen LogP contribution in [0.5, 0.6) is 5.75 Å². The number of fused-ring (bicyclic) bond motifs is 1. The number of carbonyl (C=O) groups excluding carboxylic acids is 1. The van der Waals surface area contributed by atoms with E-state index in [9.17, 15) is 4.79 Å². The number of hydrogen-bond donors (Lipinski definition) is 2. The van der Waals surface area contributed by atoms with Crippen LogP contribution in [0.1, 0.15) is 37.3 Å². The normalized spacial score (nSPS) is 19.7. The predicted octanol–water partition coefficient (Wildman–Crippen LogP) is 2.71. The van der Waals surface area contributed by atoms with Crippen molar-refractivity contribution in [1.82, 2.24) is 25.5 Å². The molecule has 2 heterocycles. The molecule has 7 heteroatoms. The Bertz CT molecular complexity index is 926. The van der Waals surface area contributed by atoms with E-state index >= 15 is 0 Å². The largest absolute Gasteiger partial charge is 0.490 e. The van der Waals surface area contributed by atoms with Gasteiger partial charge in [-0.25, -0.2) is 4.98 Å². The zero-order valence-corrected chi connectivity index (χ0v) is 15.3. The number of amides is 1. The van der Waals surface area contributed by atoms with Crippen LogP contribution >= 0.6 is 0 Å². The van der Waals surface area contributed by atoms with Gasteiger partial charge in [-0.3, -0.25) is 14.9 Å². The third-order valence-corrected chi connectivity index (χ3v) is 4.94. The summed E-state index contributed by atoms with van der Waals surface area (Å²) in [5.41, 5.74) is 0. The Labute approximate surface area is 157 Å². The molecule has 27 heavy (non-hydrogen) atoms. The topological polar surface area (TPSA) is 92.8 Å². The molecule has 1 amide bonds. The molecule has 1 aromatic carbocycles. The quantitative estimate of drug-likeness (QED) is 0.725. The minimum Gasteiger partial charge on any atom is -0.490 e. The first-order valence-corrected chi connectivity index (χ1v) is 9.34. The van der Waals surface area contributed by atoms with E-state index in [0.717, 1.165) is 48.0 Å². The Morgan fingerprint density at radius 2 is 2.11 bits per heavy atom. The first-order chi connectivity index (χ1) is 13.2. The minimum absolute atomic E-state index is 0.0279. The van der Waals surface area contributed by atoms with E-state index in [1.807, 2.05) is 37.4 Å². The molecule has 0 unspecified atom stereocenters. The third kappa shape index (κ3) is 4.24. The van der Waals surface area contributed by atoms with E-state index in [0.29, 0.717) is 5.82 Å². The standard InChI is InChI=1S/C20H23N5O2/c1-13-22-19(25-24-13)11-20(26)23-15-5-7-16(8-6-15)27-18-4-2-3-14-12-21-10-9-17(14)18/h2-4,9-10,12,15-16H,5-8,11H2,1H3,(H,23,26)(H,22,24,25). The van der Waals surface area contributed by atoms with E-state index in [1.165, 1.54) is 0 Å². The van der Waals surface area contributed by atoms with Crippen molar-refractivity contribution in [2.75, 3.05) is 0 Å². The van der Waals surface area contributed by atoms with E-state index in [2.05, 4.69) is 25.5 Å². The number of ether oxygens (including phenoxy) is 1. The average Bonchev–Trinajstić information content (AvgIpc) is 3.08. The number of pyridine rings is 1. The fourth-order valence-corrected chi connectivity index (χ4v) is 3.59. The molecule has 1 fully saturated rings. The number of nitrogens with one attached hydrogen (secondary N) is 2. The summed E-state index contributed by atoms with van der Waals surface area (Å²) in [5.74, 6) is 2.13. The van der Waals surface area contributed by atoms with Gasteiger partial charge in [0, 0.05) is 29.2 Å².